The van der Waals surface area contributed by atoms with Crippen LogP contribution in [0.1, 0.15) is 22.3 Å². The summed E-state index contributed by atoms with van der Waals surface area (Å²) in [7, 11) is -3.58. The van der Waals surface area contributed by atoms with Crippen LogP contribution in [0.15, 0.2) is 47.3 Å². The van der Waals surface area contributed by atoms with Crippen molar-refractivity contribution in [3.63, 3.8) is 0 Å². The fourth-order valence-corrected chi connectivity index (χ4v) is 3.93. The molecule has 0 atom stereocenters. The summed E-state index contributed by atoms with van der Waals surface area (Å²) in [6.45, 7) is 3.91. The summed E-state index contributed by atoms with van der Waals surface area (Å²) in [5.74, 6) is -0.173. The highest BCUT2D eigenvalue weighted by Crippen LogP contribution is 2.17. The number of rotatable bonds is 5. The zero-order valence-electron chi connectivity index (χ0n) is 14.5. The van der Waals surface area contributed by atoms with Gasteiger partial charge in [0.15, 0.2) is 0 Å². The van der Waals surface area contributed by atoms with Crippen molar-refractivity contribution in [1.82, 2.24) is 9.71 Å². The molecular weight excluding hydrogens is 372 g/mol. The maximum Gasteiger partial charge on any atom is 0.252 e. The first-order chi connectivity index (χ1) is 12.2. The summed E-state index contributed by atoms with van der Waals surface area (Å²) in [5.41, 5.74) is 3.64. The Labute approximate surface area is 157 Å². The normalized spacial score (nSPS) is 11.8. The molecule has 0 radical (unpaired) electrons. The summed E-state index contributed by atoms with van der Waals surface area (Å²) in [6.07, 6.45) is 0. The van der Waals surface area contributed by atoms with E-state index in [0.717, 1.165) is 22.0 Å². The number of benzene rings is 2. The molecule has 2 N–H and O–H groups in total. The van der Waals surface area contributed by atoms with Gasteiger partial charge in [0.05, 0.1) is 5.75 Å². The molecule has 0 saturated carbocycles. The van der Waals surface area contributed by atoms with Crippen molar-refractivity contribution in [1.29, 1.82) is 0 Å². The van der Waals surface area contributed by atoms with E-state index in [2.05, 4.69) is 9.71 Å². The van der Waals surface area contributed by atoms with E-state index in [9.17, 15) is 13.2 Å². The topological polar surface area (TPSA) is 79.0 Å². The minimum Gasteiger partial charge on any atom is -0.322 e. The number of pyridine rings is 1. The molecule has 0 aliphatic heterocycles. The van der Waals surface area contributed by atoms with E-state index in [1.807, 2.05) is 26.0 Å². The van der Waals surface area contributed by atoms with E-state index in [1.165, 1.54) is 0 Å². The molecule has 1 heterocycles. The first kappa shape index (κ1) is 18.6. The van der Waals surface area contributed by atoms with Crippen molar-refractivity contribution < 1.29 is 8.42 Å². The minimum atomic E-state index is -3.58. The second kappa shape index (κ2) is 7.23. The van der Waals surface area contributed by atoms with Crippen LogP contribution in [0.3, 0.4) is 0 Å². The van der Waals surface area contributed by atoms with Gasteiger partial charge < -0.3 is 4.98 Å². The van der Waals surface area contributed by atoms with Crippen molar-refractivity contribution in [3.8, 4) is 0 Å². The van der Waals surface area contributed by atoms with Crippen LogP contribution < -0.4 is 10.3 Å². The van der Waals surface area contributed by atoms with Crippen LogP contribution in [-0.4, -0.2) is 13.4 Å². The number of nitrogens with one attached hydrogen (secondary N) is 2. The minimum absolute atomic E-state index is 0.0614. The maximum absolute atomic E-state index is 12.3. The first-order valence-corrected chi connectivity index (χ1v) is 10.1. The molecule has 5 nitrogen and oxygen atoms in total. The lowest BCUT2D eigenvalue weighted by Crippen LogP contribution is -2.28. The lowest BCUT2D eigenvalue weighted by molar-refractivity contribution is 0.580. The van der Waals surface area contributed by atoms with Crippen molar-refractivity contribution in [3.05, 3.63) is 80.1 Å². The number of fused-ring (bicyclic) bond motifs is 1. The zero-order chi connectivity index (χ0) is 18.9. The Hall–Kier alpha value is -2.15. The predicted octanol–water partition coefficient (Wildman–Crippen LogP) is 3.42. The third-order valence-electron chi connectivity index (χ3n) is 4.29. The highest BCUT2D eigenvalue weighted by atomic mass is 35.5. The Bertz CT molecular complexity index is 1120. The Morgan fingerprint density at radius 2 is 1.69 bits per heavy atom. The third kappa shape index (κ3) is 4.33. The second-order valence-electron chi connectivity index (χ2n) is 6.35. The Morgan fingerprint density at radius 1 is 1.04 bits per heavy atom. The van der Waals surface area contributed by atoms with Gasteiger partial charge in [0.1, 0.15) is 0 Å². The van der Waals surface area contributed by atoms with E-state index in [1.54, 1.807) is 30.3 Å². The number of aromatic nitrogens is 1. The maximum atomic E-state index is 12.3. The molecule has 0 bridgehead atoms. The number of sulfonamides is 1. The Morgan fingerprint density at radius 3 is 2.38 bits per heavy atom. The summed E-state index contributed by atoms with van der Waals surface area (Å²) >= 11 is 5.81. The molecule has 1 aromatic heterocycles. The van der Waals surface area contributed by atoms with Gasteiger partial charge in [-0.25, -0.2) is 13.1 Å². The summed E-state index contributed by atoms with van der Waals surface area (Å²) in [5, 5.41) is 1.42. The zero-order valence-corrected chi connectivity index (χ0v) is 16.0. The lowest BCUT2D eigenvalue weighted by atomic mass is 10.1. The molecule has 7 heteroatoms. The molecule has 0 aliphatic carbocycles. The largest absolute Gasteiger partial charge is 0.322 e. The first-order valence-electron chi connectivity index (χ1n) is 8.08. The van der Waals surface area contributed by atoms with Crippen molar-refractivity contribution in [2.75, 3.05) is 0 Å². The summed E-state index contributed by atoms with van der Waals surface area (Å²) in [6, 6.07) is 12.2. The molecule has 0 saturated heterocycles. The molecule has 0 aliphatic rings. The summed E-state index contributed by atoms with van der Waals surface area (Å²) in [4.78, 5) is 15.1. The molecule has 0 spiro atoms. The molecule has 26 heavy (non-hydrogen) atoms. The highest BCUT2D eigenvalue weighted by Gasteiger charge is 2.13. The quantitative estimate of drug-likeness (QED) is 0.700. The second-order valence-corrected chi connectivity index (χ2v) is 8.60. The van der Waals surface area contributed by atoms with Crippen LogP contribution in [0.5, 0.6) is 0 Å². The van der Waals surface area contributed by atoms with E-state index in [0.29, 0.717) is 16.1 Å². The molecular formula is C19H19ClN2O3S. The Kier molecular flexibility index (Phi) is 5.18. The average molecular weight is 391 g/mol. The lowest BCUT2D eigenvalue weighted by Gasteiger charge is -2.09. The number of aryl methyl sites for hydroxylation is 2. The number of H-pyrrole nitrogens is 1. The van der Waals surface area contributed by atoms with E-state index in [-0.39, 0.29) is 17.9 Å². The van der Waals surface area contributed by atoms with Gasteiger partial charge in [-0.05, 0) is 66.3 Å². The van der Waals surface area contributed by atoms with E-state index >= 15 is 0 Å². The van der Waals surface area contributed by atoms with Gasteiger partial charge in [0, 0.05) is 22.6 Å². The molecule has 2 aromatic carbocycles. The van der Waals surface area contributed by atoms with Crippen LogP contribution in [0, 0.1) is 13.8 Å². The van der Waals surface area contributed by atoms with Gasteiger partial charge in [-0.1, -0.05) is 23.7 Å². The van der Waals surface area contributed by atoms with E-state index < -0.39 is 10.0 Å². The van der Waals surface area contributed by atoms with Gasteiger partial charge in [-0.3, -0.25) is 4.79 Å². The third-order valence-corrected chi connectivity index (χ3v) is 5.84. The number of hydrogen-bond acceptors (Lipinski definition) is 3. The Balaban J connectivity index is 1.80. The SMILES string of the molecule is Cc1cc2cc(CNS(=O)(=O)Cc3ccc(Cl)cc3)c(=O)[nH]c2cc1C. The van der Waals surface area contributed by atoms with Crippen molar-refractivity contribution >= 4 is 32.5 Å². The number of halogens is 1. The summed E-state index contributed by atoms with van der Waals surface area (Å²) < 4.78 is 27.0. The fourth-order valence-electron chi connectivity index (χ4n) is 2.69. The van der Waals surface area contributed by atoms with Crippen LogP contribution >= 0.6 is 11.6 Å². The molecule has 136 valence electrons. The van der Waals surface area contributed by atoms with Gasteiger partial charge in [-0.2, -0.15) is 0 Å². The van der Waals surface area contributed by atoms with E-state index in [4.69, 9.17) is 11.6 Å². The standard InChI is InChI=1S/C19H19ClN2O3S/c1-12-7-15-9-16(19(23)22-18(15)8-13(12)2)10-21-26(24,25)11-14-3-5-17(20)6-4-14/h3-9,21H,10-11H2,1-2H3,(H,22,23). The highest BCUT2D eigenvalue weighted by molar-refractivity contribution is 7.88. The number of aromatic amines is 1. The van der Waals surface area contributed by atoms with Gasteiger partial charge in [0.2, 0.25) is 10.0 Å². The van der Waals surface area contributed by atoms with Gasteiger partial charge in [0.25, 0.3) is 5.56 Å². The van der Waals surface area contributed by atoms with Gasteiger partial charge >= 0.3 is 0 Å². The molecule has 0 unspecified atom stereocenters. The smallest absolute Gasteiger partial charge is 0.252 e. The van der Waals surface area contributed by atoms with Crippen molar-refractivity contribution in [2.45, 2.75) is 26.1 Å². The average Bonchev–Trinajstić information content (AvgIpc) is 2.57. The van der Waals surface area contributed by atoms with Crippen LogP contribution in [0.2, 0.25) is 5.02 Å². The van der Waals surface area contributed by atoms with Gasteiger partial charge in [-0.15, -0.1) is 0 Å². The molecule has 3 rings (SSSR count). The molecule has 3 aromatic rings. The fraction of sp³-hybridized carbons (Fsp3) is 0.211. The molecule has 0 fully saturated rings. The van der Waals surface area contributed by atoms with Crippen LogP contribution in [0.4, 0.5) is 0 Å². The monoisotopic (exact) mass is 390 g/mol. The molecule has 0 amide bonds. The number of hydrogen-bond donors (Lipinski definition) is 2. The van der Waals surface area contributed by atoms with Crippen LogP contribution in [-0.2, 0) is 22.3 Å². The van der Waals surface area contributed by atoms with Crippen LogP contribution in [0.25, 0.3) is 10.9 Å². The van der Waals surface area contributed by atoms with Crippen molar-refractivity contribution in [2.24, 2.45) is 0 Å². The predicted molar refractivity (Wildman–Crippen MR) is 105 cm³/mol.